The van der Waals surface area contributed by atoms with Crippen molar-refractivity contribution < 1.29 is 18.4 Å². The maximum Gasteiger partial charge on any atom is 0.349 e. The zero-order chi connectivity index (χ0) is 16.9. The molecule has 2 rings (SSSR count). The van der Waals surface area contributed by atoms with Crippen molar-refractivity contribution in [2.24, 2.45) is 0 Å². The Kier molecular flexibility index (Phi) is 6.32. The number of nitrogens with zero attached hydrogens (tertiary/aromatic N) is 1. The highest BCUT2D eigenvalue weighted by Crippen LogP contribution is 2.46. The Morgan fingerprint density at radius 2 is 2.09 bits per heavy atom. The first-order chi connectivity index (χ1) is 11.0. The lowest BCUT2D eigenvalue weighted by atomic mass is 10.3. The third kappa shape index (κ3) is 4.62. The minimum atomic E-state index is -3.35. The van der Waals surface area contributed by atoms with E-state index in [-0.39, 0.29) is 25.2 Å². The SMILES string of the molecule is CCOP(=O)(CNC(=O)c1nc(N)sc1-c1cccs1)OCC. The van der Waals surface area contributed by atoms with Gasteiger partial charge in [-0.15, -0.1) is 11.3 Å². The van der Waals surface area contributed by atoms with Crippen molar-refractivity contribution in [2.75, 3.05) is 25.2 Å². The predicted molar refractivity (Wildman–Crippen MR) is 93.0 cm³/mol. The fourth-order valence-electron chi connectivity index (χ4n) is 1.84. The predicted octanol–water partition coefficient (Wildman–Crippen LogP) is 3.41. The number of aromatic nitrogens is 1. The molecule has 0 radical (unpaired) electrons. The lowest BCUT2D eigenvalue weighted by Gasteiger charge is -2.17. The van der Waals surface area contributed by atoms with Gasteiger partial charge in [0.2, 0.25) is 0 Å². The van der Waals surface area contributed by atoms with E-state index in [1.807, 2.05) is 17.5 Å². The lowest BCUT2D eigenvalue weighted by molar-refractivity contribution is 0.0950. The molecule has 0 aliphatic heterocycles. The molecular formula is C13H18N3O4PS2. The average molecular weight is 375 g/mol. The van der Waals surface area contributed by atoms with Crippen molar-refractivity contribution in [2.45, 2.75) is 13.8 Å². The molecule has 10 heteroatoms. The number of amides is 1. The van der Waals surface area contributed by atoms with Gasteiger partial charge in [-0.2, -0.15) is 0 Å². The number of carbonyl (C=O) groups excluding carboxylic acids is 1. The summed E-state index contributed by atoms with van der Waals surface area (Å²) in [5, 5.41) is 4.78. The largest absolute Gasteiger partial charge is 0.375 e. The average Bonchev–Trinajstić information content (AvgIpc) is 3.14. The Hall–Kier alpha value is -1.25. The van der Waals surface area contributed by atoms with Crippen LogP contribution in [0.3, 0.4) is 0 Å². The van der Waals surface area contributed by atoms with Crippen LogP contribution in [0.5, 0.6) is 0 Å². The van der Waals surface area contributed by atoms with Crippen molar-refractivity contribution in [3.8, 4) is 9.75 Å². The summed E-state index contributed by atoms with van der Waals surface area (Å²) in [6, 6.07) is 3.77. The van der Waals surface area contributed by atoms with Crippen LogP contribution in [0.4, 0.5) is 5.13 Å². The molecule has 2 heterocycles. The molecule has 0 bridgehead atoms. The van der Waals surface area contributed by atoms with E-state index in [2.05, 4.69) is 10.3 Å². The summed E-state index contributed by atoms with van der Waals surface area (Å²) in [6.07, 6.45) is -0.213. The molecule has 0 unspecified atom stereocenters. The number of nitrogen functional groups attached to an aromatic ring is 1. The van der Waals surface area contributed by atoms with Crippen molar-refractivity contribution in [3.63, 3.8) is 0 Å². The summed E-state index contributed by atoms with van der Waals surface area (Å²) < 4.78 is 22.7. The fraction of sp³-hybridized carbons (Fsp3) is 0.385. The second kappa shape index (κ2) is 8.03. The number of thiazole rings is 1. The molecule has 0 aromatic carbocycles. The smallest absolute Gasteiger partial charge is 0.349 e. The highest BCUT2D eigenvalue weighted by Gasteiger charge is 2.26. The summed E-state index contributed by atoms with van der Waals surface area (Å²) in [7, 11) is -3.35. The summed E-state index contributed by atoms with van der Waals surface area (Å²) in [5.41, 5.74) is 5.95. The molecule has 0 aliphatic carbocycles. The molecule has 0 saturated carbocycles. The Morgan fingerprint density at radius 3 is 2.65 bits per heavy atom. The van der Waals surface area contributed by atoms with Gasteiger partial charge in [-0.1, -0.05) is 17.4 Å². The molecular weight excluding hydrogens is 357 g/mol. The van der Waals surface area contributed by atoms with Crippen molar-refractivity contribution in [1.29, 1.82) is 0 Å². The monoisotopic (exact) mass is 375 g/mol. The molecule has 0 aliphatic rings. The van der Waals surface area contributed by atoms with E-state index in [4.69, 9.17) is 14.8 Å². The Balaban J connectivity index is 2.14. The second-order valence-corrected chi connectivity index (χ2v) is 8.35. The van der Waals surface area contributed by atoms with Crippen LogP contribution < -0.4 is 11.1 Å². The normalized spacial score (nSPS) is 11.6. The van der Waals surface area contributed by atoms with Crippen LogP contribution in [0.2, 0.25) is 0 Å². The van der Waals surface area contributed by atoms with E-state index in [9.17, 15) is 9.36 Å². The molecule has 0 saturated heterocycles. The van der Waals surface area contributed by atoms with Gasteiger partial charge in [-0.05, 0) is 25.3 Å². The minimum Gasteiger partial charge on any atom is -0.375 e. The highest BCUT2D eigenvalue weighted by molar-refractivity contribution is 7.53. The van der Waals surface area contributed by atoms with Gasteiger partial charge in [0, 0.05) is 4.88 Å². The number of rotatable bonds is 8. The number of thiophene rings is 1. The van der Waals surface area contributed by atoms with Gasteiger partial charge in [-0.25, -0.2) is 4.98 Å². The van der Waals surface area contributed by atoms with Gasteiger partial charge in [0.15, 0.2) is 5.13 Å². The van der Waals surface area contributed by atoms with Gasteiger partial charge in [-0.3, -0.25) is 9.36 Å². The number of carbonyl (C=O) groups is 1. The van der Waals surface area contributed by atoms with Crippen LogP contribution in [0.1, 0.15) is 24.3 Å². The first-order valence-electron chi connectivity index (χ1n) is 6.95. The van der Waals surface area contributed by atoms with E-state index >= 15 is 0 Å². The van der Waals surface area contributed by atoms with Crippen LogP contribution in [0, 0.1) is 0 Å². The van der Waals surface area contributed by atoms with Crippen LogP contribution >= 0.6 is 30.3 Å². The molecule has 3 N–H and O–H groups in total. The number of hydrogen-bond donors (Lipinski definition) is 2. The van der Waals surface area contributed by atoms with Gasteiger partial charge < -0.3 is 20.1 Å². The first kappa shape index (κ1) is 18.1. The van der Waals surface area contributed by atoms with Gasteiger partial charge in [0.1, 0.15) is 12.0 Å². The highest BCUT2D eigenvalue weighted by atomic mass is 32.1. The van der Waals surface area contributed by atoms with E-state index < -0.39 is 13.5 Å². The fourth-order valence-corrected chi connectivity index (χ4v) is 4.90. The zero-order valence-electron chi connectivity index (χ0n) is 12.8. The van der Waals surface area contributed by atoms with Crippen LogP contribution in [0.25, 0.3) is 9.75 Å². The molecule has 2 aromatic heterocycles. The van der Waals surface area contributed by atoms with Crippen LogP contribution in [-0.2, 0) is 13.6 Å². The third-order valence-electron chi connectivity index (χ3n) is 2.69. The van der Waals surface area contributed by atoms with E-state index in [0.29, 0.717) is 10.0 Å². The van der Waals surface area contributed by atoms with Crippen LogP contribution in [0.15, 0.2) is 17.5 Å². The lowest BCUT2D eigenvalue weighted by Crippen LogP contribution is -2.26. The first-order valence-corrected chi connectivity index (χ1v) is 10.4. The second-order valence-electron chi connectivity index (χ2n) is 4.32. The maximum absolute atomic E-state index is 12.4. The maximum atomic E-state index is 12.4. The van der Waals surface area contributed by atoms with Gasteiger partial charge in [0.05, 0.1) is 18.1 Å². The quantitative estimate of drug-likeness (QED) is 0.685. The topological polar surface area (TPSA) is 104 Å². The number of nitrogens with two attached hydrogens (primary N) is 1. The van der Waals surface area contributed by atoms with Crippen molar-refractivity contribution in [3.05, 3.63) is 23.2 Å². The number of anilines is 1. The summed E-state index contributed by atoms with van der Waals surface area (Å²) in [6.45, 7) is 3.89. The molecule has 0 atom stereocenters. The molecule has 0 fully saturated rings. The van der Waals surface area contributed by atoms with Gasteiger partial charge in [0.25, 0.3) is 5.91 Å². The molecule has 23 heavy (non-hydrogen) atoms. The Bertz CT molecular complexity index is 692. The standard InChI is InChI=1S/C13H18N3O4PS2/c1-3-19-21(18,20-4-2)8-15-12(17)10-11(23-13(14)16-10)9-6-5-7-22-9/h5-7H,3-4,8H2,1-2H3,(H2,14,16)(H,15,17). The van der Waals surface area contributed by atoms with Gasteiger partial charge >= 0.3 is 7.60 Å². The van der Waals surface area contributed by atoms with Crippen molar-refractivity contribution >= 4 is 41.3 Å². The number of nitrogens with one attached hydrogen (secondary N) is 1. The third-order valence-corrected chi connectivity index (χ3v) is 6.47. The van der Waals surface area contributed by atoms with E-state index in [1.165, 1.54) is 22.7 Å². The molecule has 7 nitrogen and oxygen atoms in total. The van der Waals surface area contributed by atoms with E-state index in [0.717, 1.165) is 4.88 Å². The minimum absolute atomic E-state index is 0.213. The molecule has 1 amide bonds. The Morgan fingerprint density at radius 1 is 1.39 bits per heavy atom. The zero-order valence-corrected chi connectivity index (χ0v) is 15.3. The molecule has 2 aromatic rings. The summed E-state index contributed by atoms with van der Waals surface area (Å²) >= 11 is 2.73. The van der Waals surface area contributed by atoms with E-state index in [1.54, 1.807) is 13.8 Å². The van der Waals surface area contributed by atoms with Crippen LogP contribution in [-0.4, -0.2) is 30.4 Å². The molecule has 126 valence electrons. The summed E-state index contributed by atoms with van der Waals surface area (Å²) in [5.74, 6) is -0.457. The number of hydrogen-bond acceptors (Lipinski definition) is 8. The Labute approximate surface area is 142 Å². The van der Waals surface area contributed by atoms with Crippen molar-refractivity contribution in [1.82, 2.24) is 10.3 Å². The molecule has 0 spiro atoms. The summed E-state index contributed by atoms with van der Waals surface area (Å²) in [4.78, 5) is 18.1.